The van der Waals surface area contributed by atoms with E-state index in [9.17, 15) is 9.90 Å². The number of nitrogens with one attached hydrogen (secondary N) is 2. The van der Waals surface area contributed by atoms with Crippen molar-refractivity contribution in [2.45, 2.75) is 0 Å². The van der Waals surface area contributed by atoms with Gasteiger partial charge in [-0.3, -0.25) is 5.32 Å². The van der Waals surface area contributed by atoms with Crippen LogP contribution < -0.4 is 10.1 Å². The summed E-state index contributed by atoms with van der Waals surface area (Å²) in [6.07, 6.45) is -0.602. The maximum Gasteiger partial charge on any atom is 0.413 e. The van der Waals surface area contributed by atoms with Gasteiger partial charge < -0.3 is 19.6 Å². The SMILES string of the molecule is COC(=O)Nc1nc2ccc(Oc3cccc(O)c3)cc2[nH]1. The van der Waals surface area contributed by atoms with Crippen molar-refractivity contribution in [3.63, 3.8) is 0 Å². The minimum absolute atomic E-state index is 0.129. The second-order valence-corrected chi connectivity index (χ2v) is 4.48. The highest BCUT2D eigenvalue weighted by Crippen LogP contribution is 2.27. The molecule has 1 aromatic heterocycles. The zero-order chi connectivity index (χ0) is 15.5. The quantitative estimate of drug-likeness (QED) is 0.690. The second kappa shape index (κ2) is 5.65. The average molecular weight is 299 g/mol. The van der Waals surface area contributed by atoms with Gasteiger partial charge in [0, 0.05) is 12.1 Å². The van der Waals surface area contributed by atoms with E-state index in [1.807, 2.05) is 0 Å². The fourth-order valence-corrected chi connectivity index (χ4v) is 1.94. The van der Waals surface area contributed by atoms with Crippen LogP contribution >= 0.6 is 0 Å². The Labute approximate surface area is 125 Å². The highest BCUT2D eigenvalue weighted by molar-refractivity contribution is 5.86. The minimum atomic E-state index is -0.602. The van der Waals surface area contributed by atoms with Crippen LogP contribution in [-0.2, 0) is 4.74 Å². The zero-order valence-corrected chi connectivity index (χ0v) is 11.7. The molecule has 112 valence electrons. The molecule has 3 rings (SSSR count). The molecular weight excluding hydrogens is 286 g/mol. The smallest absolute Gasteiger partial charge is 0.413 e. The van der Waals surface area contributed by atoms with Crippen molar-refractivity contribution in [3.8, 4) is 17.2 Å². The van der Waals surface area contributed by atoms with Gasteiger partial charge in [0.1, 0.15) is 17.2 Å². The normalized spacial score (nSPS) is 10.4. The molecule has 0 spiro atoms. The summed E-state index contributed by atoms with van der Waals surface area (Å²) in [4.78, 5) is 18.3. The lowest BCUT2D eigenvalue weighted by atomic mass is 10.3. The number of hydrogen-bond donors (Lipinski definition) is 3. The molecule has 0 aliphatic rings. The van der Waals surface area contributed by atoms with Gasteiger partial charge in [0.2, 0.25) is 5.95 Å². The molecule has 0 radical (unpaired) electrons. The second-order valence-electron chi connectivity index (χ2n) is 4.48. The number of rotatable bonds is 3. The van der Waals surface area contributed by atoms with E-state index >= 15 is 0 Å². The summed E-state index contributed by atoms with van der Waals surface area (Å²) >= 11 is 0. The Morgan fingerprint density at radius 2 is 2.05 bits per heavy atom. The number of imidazole rings is 1. The number of amides is 1. The van der Waals surface area contributed by atoms with Crippen molar-refractivity contribution in [3.05, 3.63) is 42.5 Å². The van der Waals surface area contributed by atoms with Gasteiger partial charge in [-0.2, -0.15) is 0 Å². The van der Waals surface area contributed by atoms with Crippen LogP contribution in [0.1, 0.15) is 0 Å². The van der Waals surface area contributed by atoms with Gasteiger partial charge >= 0.3 is 6.09 Å². The Morgan fingerprint density at radius 3 is 2.82 bits per heavy atom. The van der Waals surface area contributed by atoms with Crippen molar-refractivity contribution < 1.29 is 19.4 Å². The Hall–Kier alpha value is -3.22. The first-order chi connectivity index (χ1) is 10.6. The van der Waals surface area contributed by atoms with Crippen molar-refractivity contribution in [2.24, 2.45) is 0 Å². The van der Waals surface area contributed by atoms with E-state index in [-0.39, 0.29) is 11.7 Å². The van der Waals surface area contributed by atoms with Crippen LogP contribution in [0.3, 0.4) is 0 Å². The first kappa shape index (κ1) is 13.7. The van der Waals surface area contributed by atoms with Crippen LogP contribution in [-0.4, -0.2) is 28.3 Å². The summed E-state index contributed by atoms with van der Waals surface area (Å²) in [7, 11) is 1.28. The van der Waals surface area contributed by atoms with E-state index in [4.69, 9.17) is 4.74 Å². The number of benzene rings is 2. The van der Waals surface area contributed by atoms with Crippen LogP contribution in [0.15, 0.2) is 42.5 Å². The maximum absolute atomic E-state index is 11.2. The standard InChI is InChI=1S/C15H13N3O4/c1-21-15(20)18-14-16-12-6-5-11(8-13(12)17-14)22-10-4-2-3-9(19)7-10/h2-8,19H,1H3,(H2,16,17,18,20). The number of carbonyl (C=O) groups is 1. The van der Waals surface area contributed by atoms with E-state index in [0.29, 0.717) is 22.5 Å². The number of fused-ring (bicyclic) bond motifs is 1. The van der Waals surface area contributed by atoms with Crippen LogP contribution in [0.5, 0.6) is 17.2 Å². The lowest BCUT2D eigenvalue weighted by Crippen LogP contribution is -2.11. The average Bonchev–Trinajstić information content (AvgIpc) is 2.88. The minimum Gasteiger partial charge on any atom is -0.508 e. The van der Waals surface area contributed by atoms with E-state index in [1.165, 1.54) is 13.2 Å². The lowest BCUT2D eigenvalue weighted by Gasteiger charge is -2.05. The highest BCUT2D eigenvalue weighted by Gasteiger charge is 2.08. The molecule has 0 unspecified atom stereocenters. The molecule has 0 fully saturated rings. The Balaban J connectivity index is 1.84. The molecule has 22 heavy (non-hydrogen) atoms. The van der Waals surface area contributed by atoms with Crippen LogP contribution in [0.2, 0.25) is 0 Å². The summed E-state index contributed by atoms with van der Waals surface area (Å²) in [5, 5.41) is 11.9. The molecule has 3 N–H and O–H groups in total. The Kier molecular flexibility index (Phi) is 3.53. The summed E-state index contributed by atoms with van der Waals surface area (Å²) in [6, 6.07) is 11.8. The molecule has 0 aliphatic carbocycles. The van der Waals surface area contributed by atoms with Gasteiger partial charge in [-0.15, -0.1) is 0 Å². The molecule has 7 nitrogen and oxygen atoms in total. The summed E-state index contributed by atoms with van der Waals surface area (Å²) in [5.74, 6) is 1.51. The van der Waals surface area contributed by atoms with Crippen molar-refractivity contribution in [2.75, 3.05) is 12.4 Å². The fourth-order valence-electron chi connectivity index (χ4n) is 1.94. The number of ether oxygens (including phenoxy) is 2. The molecule has 1 heterocycles. The lowest BCUT2D eigenvalue weighted by molar-refractivity contribution is 0.186. The number of nitrogens with zero attached hydrogens (tertiary/aromatic N) is 1. The summed E-state index contributed by atoms with van der Waals surface area (Å²) in [5.41, 5.74) is 1.37. The molecule has 0 atom stereocenters. The van der Waals surface area contributed by atoms with Gasteiger partial charge in [-0.25, -0.2) is 9.78 Å². The van der Waals surface area contributed by atoms with Gasteiger partial charge in [0.05, 0.1) is 18.1 Å². The van der Waals surface area contributed by atoms with Crippen LogP contribution in [0.25, 0.3) is 11.0 Å². The zero-order valence-electron chi connectivity index (χ0n) is 11.7. The number of H-pyrrole nitrogens is 1. The summed E-state index contributed by atoms with van der Waals surface area (Å²) < 4.78 is 10.2. The third kappa shape index (κ3) is 2.93. The van der Waals surface area contributed by atoms with Gasteiger partial charge in [0.25, 0.3) is 0 Å². The van der Waals surface area contributed by atoms with Gasteiger partial charge in [0.15, 0.2) is 0 Å². The fraction of sp³-hybridized carbons (Fsp3) is 0.0667. The summed E-state index contributed by atoms with van der Waals surface area (Å²) in [6.45, 7) is 0. The number of aromatic amines is 1. The predicted octanol–water partition coefficient (Wildman–Crippen LogP) is 3.24. The van der Waals surface area contributed by atoms with Crippen LogP contribution in [0, 0.1) is 0 Å². The van der Waals surface area contributed by atoms with Gasteiger partial charge in [-0.05, 0) is 24.3 Å². The first-order valence-corrected chi connectivity index (χ1v) is 6.45. The van der Waals surface area contributed by atoms with Crippen molar-refractivity contribution in [1.29, 1.82) is 0 Å². The number of phenols is 1. The molecule has 0 saturated heterocycles. The molecule has 0 aliphatic heterocycles. The Bertz CT molecular complexity index is 829. The number of phenolic OH excluding ortho intramolecular Hbond substituents is 1. The third-order valence-electron chi connectivity index (χ3n) is 2.91. The number of methoxy groups -OCH3 is 1. The topological polar surface area (TPSA) is 96.5 Å². The number of aromatic nitrogens is 2. The van der Waals surface area contributed by atoms with Crippen LogP contribution in [0.4, 0.5) is 10.7 Å². The van der Waals surface area contributed by atoms with Crippen molar-refractivity contribution >= 4 is 23.1 Å². The largest absolute Gasteiger partial charge is 0.508 e. The molecule has 0 saturated carbocycles. The van der Waals surface area contributed by atoms with E-state index in [2.05, 4.69) is 20.0 Å². The highest BCUT2D eigenvalue weighted by atomic mass is 16.5. The van der Waals surface area contributed by atoms with Crippen molar-refractivity contribution in [1.82, 2.24) is 9.97 Å². The molecular formula is C15H13N3O4. The molecule has 3 aromatic rings. The van der Waals surface area contributed by atoms with E-state index in [0.717, 1.165) is 0 Å². The molecule has 1 amide bonds. The van der Waals surface area contributed by atoms with E-state index < -0.39 is 6.09 Å². The molecule has 0 bridgehead atoms. The molecule has 7 heteroatoms. The maximum atomic E-state index is 11.2. The number of carbonyl (C=O) groups excluding carboxylic acids is 1. The molecule has 2 aromatic carbocycles. The first-order valence-electron chi connectivity index (χ1n) is 6.45. The monoisotopic (exact) mass is 299 g/mol. The number of aromatic hydroxyl groups is 1. The van der Waals surface area contributed by atoms with E-state index in [1.54, 1.807) is 36.4 Å². The number of anilines is 1. The predicted molar refractivity (Wildman–Crippen MR) is 80.3 cm³/mol. The Morgan fingerprint density at radius 1 is 1.23 bits per heavy atom. The number of hydrogen-bond acceptors (Lipinski definition) is 5. The third-order valence-corrected chi connectivity index (χ3v) is 2.91. The van der Waals surface area contributed by atoms with Gasteiger partial charge in [-0.1, -0.05) is 6.07 Å².